The Labute approximate surface area is 104 Å². The molecule has 0 bridgehead atoms. The van der Waals surface area contributed by atoms with Gasteiger partial charge in [-0.3, -0.25) is 13.9 Å². The third-order valence-electron chi connectivity index (χ3n) is 2.00. The lowest BCUT2D eigenvalue weighted by Crippen LogP contribution is -2.27. The molecule has 1 fully saturated rings. The van der Waals surface area contributed by atoms with E-state index in [0.29, 0.717) is 9.34 Å². The minimum atomic E-state index is -4.39. The molecule has 1 saturated heterocycles. The van der Waals surface area contributed by atoms with E-state index >= 15 is 0 Å². The van der Waals surface area contributed by atoms with E-state index in [2.05, 4.69) is 9.05 Å². The Kier molecular flexibility index (Phi) is 5.07. The summed E-state index contributed by atoms with van der Waals surface area (Å²) in [4.78, 5) is 32.7. The fraction of sp³-hybridized carbons (Fsp3) is 0.714. The van der Waals surface area contributed by atoms with Gasteiger partial charge in [-0.25, -0.2) is 14.0 Å². The van der Waals surface area contributed by atoms with Crippen LogP contribution >= 0.6 is 15.9 Å². The zero-order chi connectivity index (χ0) is 13.9. The molecule has 104 valence electrons. The standard InChI is InChI=1S/C7H14N2O7P2/c1-3-15-17(12)9-6(10)5-8(7(9)11)18(13,14)16-4-2/h17H,3-5H2,1-2H3,(H,13,14). The van der Waals surface area contributed by atoms with Gasteiger partial charge in [-0.2, -0.15) is 4.67 Å². The van der Waals surface area contributed by atoms with Crippen molar-refractivity contribution in [3.05, 3.63) is 0 Å². The quantitative estimate of drug-likeness (QED) is 0.570. The molecule has 0 spiro atoms. The van der Waals surface area contributed by atoms with Crippen LogP contribution < -0.4 is 0 Å². The molecule has 3 amide bonds. The molecule has 0 aromatic rings. The Bertz CT molecular complexity index is 426. The van der Waals surface area contributed by atoms with Gasteiger partial charge in [-0.05, 0) is 13.8 Å². The van der Waals surface area contributed by atoms with Crippen molar-refractivity contribution in [2.24, 2.45) is 0 Å². The topological polar surface area (TPSA) is 113 Å². The molecule has 0 aromatic carbocycles. The number of carbonyl (C=O) groups is 2. The number of hydrogen-bond acceptors (Lipinski definition) is 6. The Hall–Kier alpha value is -0.720. The molecule has 11 heteroatoms. The smallest absolute Gasteiger partial charge is 0.315 e. The number of hydrogen-bond donors (Lipinski definition) is 1. The largest absolute Gasteiger partial charge is 0.436 e. The van der Waals surface area contributed by atoms with Crippen molar-refractivity contribution in [2.75, 3.05) is 19.8 Å². The van der Waals surface area contributed by atoms with Crippen molar-refractivity contribution in [1.82, 2.24) is 9.34 Å². The van der Waals surface area contributed by atoms with Crippen molar-refractivity contribution >= 4 is 27.9 Å². The molecule has 0 saturated carbocycles. The second-order valence-corrected chi connectivity index (χ2v) is 6.17. The summed E-state index contributed by atoms with van der Waals surface area (Å²) in [7, 11) is -7.45. The minimum absolute atomic E-state index is 0.0527. The first kappa shape index (κ1) is 15.3. The zero-order valence-electron chi connectivity index (χ0n) is 9.86. The summed E-state index contributed by atoms with van der Waals surface area (Å²) in [5.41, 5.74) is 0. The summed E-state index contributed by atoms with van der Waals surface area (Å²) in [6, 6.07) is -1.14. The summed E-state index contributed by atoms with van der Waals surface area (Å²) >= 11 is 0. The van der Waals surface area contributed by atoms with Crippen LogP contribution in [0.3, 0.4) is 0 Å². The maximum atomic E-state index is 11.7. The van der Waals surface area contributed by atoms with Gasteiger partial charge in [0, 0.05) is 0 Å². The maximum Gasteiger partial charge on any atom is 0.436 e. The molecular weight excluding hydrogens is 286 g/mol. The van der Waals surface area contributed by atoms with E-state index in [1.165, 1.54) is 6.92 Å². The van der Waals surface area contributed by atoms with Crippen LogP contribution in [0.5, 0.6) is 0 Å². The van der Waals surface area contributed by atoms with E-state index in [4.69, 9.17) is 0 Å². The monoisotopic (exact) mass is 300 g/mol. The van der Waals surface area contributed by atoms with Crippen LogP contribution in [0.1, 0.15) is 13.8 Å². The van der Waals surface area contributed by atoms with E-state index in [-0.39, 0.29) is 13.2 Å². The molecule has 1 aliphatic rings. The highest BCUT2D eigenvalue weighted by Crippen LogP contribution is 2.50. The van der Waals surface area contributed by atoms with Gasteiger partial charge >= 0.3 is 13.8 Å². The molecule has 1 N–H and O–H groups in total. The highest BCUT2D eigenvalue weighted by Gasteiger charge is 2.48. The van der Waals surface area contributed by atoms with Crippen LogP contribution in [0.25, 0.3) is 0 Å². The molecule has 0 aliphatic carbocycles. The summed E-state index contributed by atoms with van der Waals surface area (Å²) < 4.78 is 33.1. The highest BCUT2D eigenvalue weighted by molar-refractivity contribution is 7.51. The van der Waals surface area contributed by atoms with Crippen molar-refractivity contribution in [1.29, 1.82) is 0 Å². The Balaban J connectivity index is 2.91. The van der Waals surface area contributed by atoms with Crippen molar-refractivity contribution in [2.45, 2.75) is 13.8 Å². The Morgan fingerprint density at radius 1 is 1.39 bits per heavy atom. The Morgan fingerprint density at radius 3 is 2.50 bits per heavy atom. The van der Waals surface area contributed by atoms with Gasteiger partial charge in [-0.15, -0.1) is 0 Å². The van der Waals surface area contributed by atoms with Crippen molar-refractivity contribution in [3.8, 4) is 0 Å². The predicted octanol–water partition coefficient (Wildman–Crippen LogP) is 0.814. The van der Waals surface area contributed by atoms with Crippen LogP contribution in [-0.4, -0.2) is 45.9 Å². The van der Waals surface area contributed by atoms with E-state index in [1.807, 2.05) is 0 Å². The van der Waals surface area contributed by atoms with Crippen molar-refractivity contribution < 1.29 is 32.7 Å². The molecule has 1 rings (SSSR count). The van der Waals surface area contributed by atoms with Gasteiger partial charge in [-0.1, -0.05) is 0 Å². The molecule has 2 unspecified atom stereocenters. The number of urea groups is 1. The molecule has 0 aromatic heterocycles. The average Bonchev–Trinajstić information content (AvgIpc) is 2.55. The lowest BCUT2D eigenvalue weighted by Gasteiger charge is -2.20. The van der Waals surface area contributed by atoms with Gasteiger partial charge in [0.2, 0.25) is 0 Å². The maximum absolute atomic E-state index is 11.7. The molecule has 1 heterocycles. The third-order valence-corrected chi connectivity index (χ3v) is 4.86. The van der Waals surface area contributed by atoms with E-state index in [0.717, 1.165) is 0 Å². The second-order valence-electron chi connectivity index (χ2n) is 3.18. The lowest BCUT2D eigenvalue weighted by atomic mass is 10.7. The minimum Gasteiger partial charge on any atom is -0.315 e. The SMILES string of the molecule is CCO[PH](=O)N1C(=O)CN(P(=O)(O)OCC)C1=O. The number of amides is 3. The number of rotatable bonds is 6. The molecule has 18 heavy (non-hydrogen) atoms. The molecule has 9 nitrogen and oxygen atoms in total. The van der Waals surface area contributed by atoms with E-state index in [1.54, 1.807) is 6.92 Å². The van der Waals surface area contributed by atoms with E-state index in [9.17, 15) is 23.6 Å². The molecule has 0 radical (unpaired) electrons. The summed E-state index contributed by atoms with van der Waals surface area (Å²) in [6.07, 6.45) is 0. The first-order valence-electron chi connectivity index (χ1n) is 5.14. The first-order chi connectivity index (χ1) is 8.35. The Morgan fingerprint density at radius 2 is 2.00 bits per heavy atom. The second kappa shape index (κ2) is 5.95. The van der Waals surface area contributed by atoms with Gasteiger partial charge in [0.25, 0.3) is 14.1 Å². The number of imide groups is 1. The van der Waals surface area contributed by atoms with Crippen LogP contribution in [-0.2, 0) is 23.0 Å². The molecule has 1 aliphatic heterocycles. The van der Waals surface area contributed by atoms with Gasteiger partial charge in [0.05, 0.1) is 13.2 Å². The average molecular weight is 300 g/mol. The van der Waals surface area contributed by atoms with Crippen molar-refractivity contribution in [3.63, 3.8) is 0 Å². The van der Waals surface area contributed by atoms with E-state index < -0.39 is 34.4 Å². The fourth-order valence-corrected chi connectivity index (χ4v) is 3.38. The summed E-state index contributed by atoms with van der Waals surface area (Å²) in [5, 5.41) is 0. The number of nitrogens with zero attached hydrogens (tertiary/aromatic N) is 2. The van der Waals surface area contributed by atoms with Crippen LogP contribution in [0.2, 0.25) is 0 Å². The first-order valence-corrected chi connectivity index (χ1v) is 7.93. The zero-order valence-corrected chi connectivity index (χ0v) is 11.8. The van der Waals surface area contributed by atoms with Crippen LogP contribution in [0, 0.1) is 0 Å². The van der Waals surface area contributed by atoms with Gasteiger partial charge in [0.15, 0.2) is 0 Å². The predicted molar refractivity (Wildman–Crippen MR) is 61.0 cm³/mol. The highest BCUT2D eigenvalue weighted by atomic mass is 31.2. The summed E-state index contributed by atoms with van der Waals surface area (Å²) in [6.45, 7) is 2.30. The number of carbonyl (C=O) groups excluding carboxylic acids is 2. The van der Waals surface area contributed by atoms with Gasteiger partial charge < -0.3 is 9.42 Å². The molecular formula is C7H14N2O7P2. The van der Waals surface area contributed by atoms with Gasteiger partial charge in [0.1, 0.15) is 6.54 Å². The summed E-state index contributed by atoms with van der Waals surface area (Å²) in [5.74, 6) is -0.855. The third kappa shape index (κ3) is 2.99. The lowest BCUT2D eigenvalue weighted by molar-refractivity contribution is -0.122. The van der Waals surface area contributed by atoms with Crippen LogP contribution in [0.15, 0.2) is 0 Å². The van der Waals surface area contributed by atoms with Crippen LogP contribution in [0.4, 0.5) is 4.79 Å². The fourth-order valence-electron chi connectivity index (χ4n) is 1.29. The normalized spacial score (nSPS) is 21.3. The molecule has 2 atom stereocenters.